The van der Waals surface area contributed by atoms with Crippen molar-refractivity contribution >= 4 is 22.3 Å². The smallest absolute Gasteiger partial charge is 0.264 e. The zero-order chi connectivity index (χ0) is 28.7. The molecule has 0 aliphatic rings. The van der Waals surface area contributed by atoms with Crippen LogP contribution in [0.25, 0.3) is 22.1 Å². The number of pyridine rings is 1. The number of benzene rings is 2. The van der Waals surface area contributed by atoms with Gasteiger partial charge in [-0.15, -0.1) is 0 Å². The van der Waals surface area contributed by atoms with Crippen molar-refractivity contribution in [2.45, 2.75) is 26.8 Å². The Labute approximate surface area is 236 Å². The molecule has 2 aromatic carbocycles. The summed E-state index contributed by atoms with van der Waals surface area (Å²) in [5.41, 5.74) is 4.92. The van der Waals surface area contributed by atoms with Gasteiger partial charge in [0, 0.05) is 36.9 Å². The number of hydrogen-bond acceptors (Lipinski definition) is 5. The minimum atomic E-state index is -0.526. The Hall–Kier alpha value is -5.49. The van der Waals surface area contributed by atoms with Crippen LogP contribution >= 0.6 is 0 Å². The first-order chi connectivity index (χ1) is 19.8. The second-order valence-corrected chi connectivity index (χ2v) is 9.96. The Morgan fingerprint density at radius 3 is 2.66 bits per heavy atom. The highest BCUT2D eigenvalue weighted by Gasteiger charge is 2.23. The molecule has 4 heterocycles. The Balaban J connectivity index is 1.50. The van der Waals surface area contributed by atoms with E-state index in [1.54, 1.807) is 45.3 Å². The predicted molar refractivity (Wildman–Crippen MR) is 157 cm³/mol. The number of para-hydroxylation sites is 1. The molecule has 1 N–H and O–H groups in total. The van der Waals surface area contributed by atoms with Crippen LogP contribution in [0.3, 0.4) is 0 Å². The number of rotatable bonds is 4. The minimum absolute atomic E-state index is 0.210. The summed E-state index contributed by atoms with van der Waals surface area (Å²) in [6, 6.07) is 16.5. The SMILES string of the molecule is Cc1ccccc1-n1c([C@H](C)NC(=O)c2c(C)nn3cccnc23)cc2cccc(C#Cc3cnn(C)c3)c2c1=O. The maximum absolute atomic E-state index is 14.3. The summed E-state index contributed by atoms with van der Waals surface area (Å²) >= 11 is 0. The second-order valence-electron chi connectivity index (χ2n) is 9.96. The molecule has 0 fully saturated rings. The standard InChI is InChI=1S/C32H27N7O2/c1-20-9-5-6-12-26(20)39-27(21(2)35-31(40)28-22(3)36-38-16-8-15-33-30(28)38)17-25-11-7-10-24(29(25)32(39)41)14-13-23-18-34-37(4)19-23/h5-12,15-19,21H,1-4H3,(H,35,40)/t21-/m0/s1. The fourth-order valence-electron chi connectivity index (χ4n) is 5.10. The van der Waals surface area contributed by atoms with Crippen LogP contribution in [0.2, 0.25) is 0 Å². The molecule has 1 atom stereocenters. The lowest BCUT2D eigenvalue weighted by Crippen LogP contribution is -2.32. The summed E-state index contributed by atoms with van der Waals surface area (Å²) in [7, 11) is 1.83. The van der Waals surface area contributed by atoms with Gasteiger partial charge in [0.05, 0.1) is 34.6 Å². The number of aromatic nitrogens is 6. The first kappa shape index (κ1) is 25.8. The molecule has 0 spiro atoms. The maximum atomic E-state index is 14.3. The number of hydrogen-bond donors (Lipinski definition) is 1. The van der Waals surface area contributed by atoms with E-state index >= 15 is 0 Å². The first-order valence-electron chi connectivity index (χ1n) is 13.2. The fraction of sp³-hybridized carbons (Fsp3) is 0.156. The van der Waals surface area contributed by atoms with Crippen molar-refractivity contribution in [1.29, 1.82) is 0 Å². The lowest BCUT2D eigenvalue weighted by molar-refractivity contribution is 0.0939. The minimum Gasteiger partial charge on any atom is -0.344 e. The van der Waals surface area contributed by atoms with E-state index < -0.39 is 6.04 Å². The van der Waals surface area contributed by atoms with E-state index in [2.05, 4.69) is 32.3 Å². The van der Waals surface area contributed by atoms with Crippen molar-refractivity contribution in [2.75, 3.05) is 0 Å². The number of fused-ring (bicyclic) bond motifs is 2. The summed E-state index contributed by atoms with van der Waals surface area (Å²) in [4.78, 5) is 32.2. The monoisotopic (exact) mass is 541 g/mol. The molecular formula is C32H27N7O2. The molecule has 4 aromatic heterocycles. The molecule has 1 amide bonds. The van der Waals surface area contributed by atoms with Crippen molar-refractivity contribution in [3.05, 3.63) is 123 Å². The lowest BCUT2D eigenvalue weighted by Gasteiger charge is -2.22. The third-order valence-electron chi connectivity index (χ3n) is 7.07. The summed E-state index contributed by atoms with van der Waals surface area (Å²) in [6.45, 7) is 5.61. The average Bonchev–Trinajstić information content (AvgIpc) is 3.53. The van der Waals surface area contributed by atoms with Crippen molar-refractivity contribution in [3.63, 3.8) is 0 Å². The molecule has 41 heavy (non-hydrogen) atoms. The van der Waals surface area contributed by atoms with Crippen LogP contribution in [0.15, 0.2) is 84.2 Å². The molecule has 202 valence electrons. The molecule has 0 radical (unpaired) electrons. The van der Waals surface area contributed by atoms with Crippen LogP contribution in [-0.2, 0) is 7.05 Å². The number of amides is 1. The van der Waals surface area contributed by atoms with E-state index in [1.807, 2.05) is 75.6 Å². The molecule has 0 aliphatic heterocycles. The molecule has 0 saturated carbocycles. The molecule has 6 rings (SSSR count). The maximum Gasteiger partial charge on any atom is 0.264 e. The van der Waals surface area contributed by atoms with E-state index in [1.165, 1.54) is 0 Å². The van der Waals surface area contributed by atoms with Gasteiger partial charge in [0.1, 0.15) is 5.56 Å². The van der Waals surface area contributed by atoms with Gasteiger partial charge in [0.25, 0.3) is 11.5 Å². The largest absolute Gasteiger partial charge is 0.344 e. The molecule has 0 bridgehead atoms. The first-order valence-corrected chi connectivity index (χ1v) is 13.2. The predicted octanol–water partition coefficient (Wildman–Crippen LogP) is 4.27. The highest BCUT2D eigenvalue weighted by atomic mass is 16.2. The van der Waals surface area contributed by atoms with Gasteiger partial charge in [-0.3, -0.25) is 18.8 Å². The van der Waals surface area contributed by atoms with E-state index in [0.29, 0.717) is 33.5 Å². The number of carbonyl (C=O) groups is 1. The third-order valence-corrected chi connectivity index (χ3v) is 7.07. The zero-order valence-corrected chi connectivity index (χ0v) is 23.1. The van der Waals surface area contributed by atoms with E-state index in [0.717, 1.165) is 22.2 Å². The van der Waals surface area contributed by atoms with Crippen LogP contribution in [0.4, 0.5) is 0 Å². The van der Waals surface area contributed by atoms with Crippen LogP contribution in [0, 0.1) is 25.7 Å². The summed E-state index contributed by atoms with van der Waals surface area (Å²) < 4.78 is 4.95. The second kappa shape index (κ2) is 10.2. The molecular weight excluding hydrogens is 514 g/mol. The zero-order valence-electron chi connectivity index (χ0n) is 23.1. The number of aryl methyl sites for hydroxylation is 3. The summed E-state index contributed by atoms with van der Waals surface area (Å²) in [5.74, 6) is 5.97. The van der Waals surface area contributed by atoms with Crippen molar-refractivity contribution in [2.24, 2.45) is 7.05 Å². The van der Waals surface area contributed by atoms with Gasteiger partial charge in [-0.25, -0.2) is 9.50 Å². The Morgan fingerprint density at radius 1 is 1.05 bits per heavy atom. The van der Waals surface area contributed by atoms with Gasteiger partial charge >= 0.3 is 0 Å². The van der Waals surface area contributed by atoms with E-state index in [4.69, 9.17) is 0 Å². The number of nitrogens with zero attached hydrogens (tertiary/aromatic N) is 6. The molecule has 0 saturated heterocycles. The van der Waals surface area contributed by atoms with Gasteiger partial charge in [0.15, 0.2) is 5.65 Å². The molecule has 9 heteroatoms. The van der Waals surface area contributed by atoms with E-state index in [-0.39, 0.29) is 11.5 Å². The van der Waals surface area contributed by atoms with Gasteiger partial charge < -0.3 is 5.32 Å². The van der Waals surface area contributed by atoms with E-state index in [9.17, 15) is 9.59 Å². The third kappa shape index (κ3) is 4.66. The van der Waals surface area contributed by atoms with Crippen LogP contribution in [-0.4, -0.2) is 34.9 Å². The van der Waals surface area contributed by atoms with Crippen molar-refractivity contribution < 1.29 is 4.79 Å². The van der Waals surface area contributed by atoms with Crippen molar-refractivity contribution in [1.82, 2.24) is 34.3 Å². The van der Waals surface area contributed by atoms with Crippen LogP contribution < -0.4 is 10.9 Å². The molecule has 0 unspecified atom stereocenters. The lowest BCUT2D eigenvalue weighted by atomic mass is 10.0. The van der Waals surface area contributed by atoms with Gasteiger partial charge in [-0.05, 0) is 56.0 Å². The Kier molecular flexibility index (Phi) is 6.44. The highest BCUT2D eigenvalue weighted by Crippen LogP contribution is 2.25. The Morgan fingerprint density at radius 2 is 1.88 bits per heavy atom. The quantitative estimate of drug-likeness (QED) is 0.336. The highest BCUT2D eigenvalue weighted by molar-refractivity contribution is 6.01. The average molecular weight is 542 g/mol. The fourth-order valence-corrected chi connectivity index (χ4v) is 5.10. The molecule has 6 aromatic rings. The molecule has 9 nitrogen and oxygen atoms in total. The number of nitrogens with one attached hydrogen (secondary N) is 1. The Bertz CT molecular complexity index is 2090. The van der Waals surface area contributed by atoms with Crippen molar-refractivity contribution in [3.8, 4) is 17.5 Å². The van der Waals surface area contributed by atoms with Crippen LogP contribution in [0.1, 0.15) is 51.4 Å². The normalized spacial score (nSPS) is 11.8. The van der Waals surface area contributed by atoms with Gasteiger partial charge in [-0.1, -0.05) is 42.2 Å². The summed E-state index contributed by atoms with van der Waals surface area (Å²) in [5, 5.41) is 12.9. The van der Waals surface area contributed by atoms with Gasteiger partial charge in [0.2, 0.25) is 0 Å². The van der Waals surface area contributed by atoms with Gasteiger partial charge in [-0.2, -0.15) is 10.2 Å². The molecule has 0 aliphatic carbocycles. The topological polar surface area (TPSA) is 99.1 Å². The summed E-state index contributed by atoms with van der Waals surface area (Å²) in [6.07, 6.45) is 6.90. The van der Waals surface area contributed by atoms with Crippen LogP contribution in [0.5, 0.6) is 0 Å². The number of carbonyl (C=O) groups excluding carboxylic acids is 1.